The second-order valence-electron chi connectivity index (χ2n) is 6.21. The Morgan fingerprint density at radius 1 is 1.28 bits per heavy atom. The molecule has 1 atom stereocenters. The number of nitrogens with zero attached hydrogens (tertiary/aromatic N) is 1. The van der Waals surface area contributed by atoms with Crippen molar-refractivity contribution in [2.24, 2.45) is 5.92 Å². The van der Waals surface area contributed by atoms with E-state index < -0.39 is 5.54 Å². The fourth-order valence-corrected chi connectivity index (χ4v) is 3.23. The van der Waals surface area contributed by atoms with Gasteiger partial charge in [-0.2, -0.15) is 0 Å². The van der Waals surface area contributed by atoms with Gasteiger partial charge in [0, 0.05) is 19.0 Å². The van der Waals surface area contributed by atoms with Crippen molar-refractivity contribution in [3.05, 3.63) is 0 Å². The van der Waals surface area contributed by atoms with Crippen LogP contribution in [-0.2, 0) is 9.59 Å². The second-order valence-corrected chi connectivity index (χ2v) is 6.21. The number of nitrogens with one attached hydrogen (secondary N) is 1. The van der Waals surface area contributed by atoms with Crippen molar-refractivity contribution in [1.29, 1.82) is 0 Å². The second kappa shape index (κ2) is 4.90. The Hall–Kier alpha value is -1.06. The van der Waals surface area contributed by atoms with Gasteiger partial charge in [-0.05, 0) is 39.5 Å². The van der Waals surface area contributed by atoms with Gasteiger partial charge in [-0.25, -0.2) is 0 Å². The molecule has 1 unspecified atom stereocenters. The quantitative estimate of drug-likeness (QED) is 0.813. The van der Waals surface area contributed by atoms with Gasteiger partial charge in [0.25, 0.3) is 0 Å². The molecule has 0 bridgehead atoms. The molecule has 1 N–H and O–H groups in total. The summed E-state index contributed by atoms with van der Waals surface area (Å²) in [5.74, 6) is 0.653. The van der Waals surface area contributed by atoms with E-state index in [-0.39, 0.29) is 17.9 Å². The molecule has 4 heteroatoms. The molecule has 2 amide bonds. The average molecular weight is 252 g/mol. The summed E-state index contributed by atoms with van der Waals surface area (Å²) in [4.78, 5) is 26.1. The number of hydrogen-bond acceptors (Lipinski definition) is 2. The summed E-state index contributed by atoms with van der Waals surface area (Å²) in [5.41, 5.74) is -0.763. The van der Waals surface area contributed by atoms with Crippen LogP contribution in [0.5, 0.6) is 0 Å². The largest absolute Gasteiger partial charge is 0.342 e. The highest BCUT2D eigenvalue weighted by Gasteiger charge is 2.40. The topological polar surface area (TPSA) is 49.4 Å². The van der Waals surface area contributed by atoms with E-state index in [0.717, 1.165) is 0 Å². The van der Waals surface area contributed by atoms with Gasteiger partial charge in [0.05, 0.1) is 0 Å². The van der Waals surface area contributed by atoms with Gasteiger partial charge >= 0.3 is 0 Å². The molecule has 2 fully saturated rings. The lowest BCUT2D eigenvalue weighted by Gasteiger charge is -2.36. The molecule has 0 radical (unpaired) electrons. The van der Waals surface area contributed by atoms with E-state index in [1.54, 1.807) is 13.8 Å². The third-order valence-corrected chi connectivity index (χ3v) is 4.40. The minimum Gasteiger partial charge on any atom is -0.342 e. The van der Waals surface area contributed by atoms with Crippen LogP contribution in [0, 0.1) is 5.92 Å². The molecule has 102 valence electrons. The Labute approximate surface area is 109 Å². The van der Waals surface area contributed by atoms with Crippen LogP contribution in [0.15, 0.2) is 0 Å². The zero-order valence-electron chi connectivity index (χ0n) is 11.7. The van der Waals surface area contributed by atoms with E-state index in [0.29, 0.717) is 18.9 Å². The fourth-order valence-electron chi connectivity index (χ4n) is 3.23. The van der Waals surface area contributed by atoms with Crippen LogP contribution in [-0.4, -0.2) is 34.8 Å². The molecule has 2 rings (SSSR count). The normalized spacial score (nSPS) is 26.9. The first-order chi connectivity index (χ1) is 8.42. The lowest BCUT2D eigenvalue weighted by atomic mass is 9.95. The smallest absolute Gasteiger partial charge is 0.248 e. The van der Waals surface area contributed by atoms with Gasteiger partial charge < -0.3 is 10.2 Å². The zero-order chi connectivity index (χ0) is 13.3. The van der Waals surface area contributed by atoms with E-state index in [4.69, 9.17) is 0 Å². The summed E-state index contributed by atoms with van der Waals surface area (Å²) in [7, 11) is 0. The third kappa shape index (κ3) is 2.52. The molecule has 1 aliphatic heterocycles. The number of carbonyl (C=O) groups is 2. The first kappa shape index (κ1) is 13.4. The van der Waals surface area contributed by atoms with Gasteiger partial charge in [0.15, 0.2) is 0 Å². The highest BCUT2D eigenvalue weighted by atomic mass is 16.2. The first-order valence-electron chi connectivity index (χ1n) is 7.04. The van der Waals surface area contributed by atoms with Crippen LogP contribution < -0.4 is 5.32 Å². The molecule has 1 saturated carbocycles. The van der Waals surface area contributed by atoms with Crippen molar-refractivity contribution < 1.29 is 9.59 Å². The summed E-state index contributed by atoms with van der Waals surface area (Å²) in [5, 5.41) is 2.81. The Kier molecular flexibility index (Phi) is 3.64. The number of amides is 2. The van der Waals surface area contributed by atoms with Gasteiger partial charge in [-0.3, -0.25) is 9.59 Å². The van der Waals surface area contributed by atoms with Crippen LogP contribution in [0.1, 0.15) is 52.9 Å². The van der Waals surface area contributed by atoms with Crippen LogP contribution in [0.25, 0.3) is 0 Å². The van der Waals surface area contributed by atoms with Crippen molar-refractivity contribution in [2.45, 2.75) is 64.5 Å². The molecule has 18 heavy (non-hydrogen) atoms. The maximum Gasteiger partial charge on any atom is 0.248 e. The summed E-state index contributed by atoms with van der Waals surface area (Å²) < 4.78 is 0. The average Bonchev–Trinajstić information content (AvgIpc) is 2.77. The van der Waals surface area contributed by atoms with Crippen molar-refractivity contribution in [2.75, 3.05) is 6.54 Å². The van der Waals surface area contributed by atoms with Crippen molar-refractivity contribution in [3.63, 3.8) is 0 Å². The number of carbonyl (C=O) groups excluding carboxylic acids is 2. The molecule has 1 aliphatic carbocycles. The molecule has 4 nitrogen and oxygen atoms in total. The Balaban J connectivity index is 2.14. The summed E-state index contributed by atoms with van der Waals surface area (Å²) in [6.07, 6.45) is 5.40. The molecule has 0 aromatic carbocycles. The molecule has 0 aromatic rings. The molecule has 0 aromatic heterocycles. The molecule has 1 heterocycles. The van der Waals surface area contributed by atoms with Crippen LogP contribution >= 0.6 is 0 Å². The Bertz CT molecular complexity index is 346. The van der Waals surface area contributed by atoms with E-state index in [1.165, 1.54) is 25.7 Å². The third-order valence-electron chi connectivity index (χ3n) is 4.40. The van der Waals surface area contributed by atoms with Gasteiger partial charge in [0.2, 0.25) is 11.8 Å². The minimum absolute atomic E-state index is 0.0190. The van der Waals surface area contributed by atoms with E-state index in [9.17, 15) is 9.59 Å². The van der Waals surface area contributed by atoms with Gasteiger partial charge in [0.1, 0.15) is 5.54 Å². The summed E-state index contributed by atoms with van der Waals surface area (Å²) >= 11 is 0. The standard InChI is InChI=1S/C14H24N2O2/c1-10(11-6-4-5-7-11)16-9-8-12(17)15-14(2,3)13(16)18/h10-11H,4-9H2,1-3H3,(H,15,17). The predicted molar refractivity (Wildman–Crippen MR) is 70.0 cm³/mol. The number of hydrogen-bond donors (Lipinski definition) is 1. The van der Waals surface area contributed by atoms with Crippen LogP contribution in [0.4, 0.5) is 0 Å². The molecule has 0 spiro atoms. The highest BCUT2D eigenvalue weighted by Crippen LogP contribution is 2.31. The summed E-state index contributed by atoms with van der Waals surface area (Å²) in [6.45, 7) is 6.30. The fraction of sp³-hybridized carbons (Fsp3) is 0.857. The van der Waals surface area contributed by atoms with Crippen molar-refractivity contribution in [3.8, 4) is 0 Å². The maximum absolute atomic E-state index is 12.5. The van der Waals surface area contributed by atoms with Crippen LogP contribution in [0.3, 0.4) is 0 Å². The Morgan fingerprint density at radius 3 is 2.50 bits per heavy atom. The molecular weight excluding hydrogens is 228 g/mol. The number of rotatable bonds is 2. The van der Waals surface area contributed by atoms with E-state index >= 15 is 0 Å². The molecular formula is C14H24N2O2. The summed E-state index contributed by atoms with van der Waals surface area (Å²) in [6, 6.07) is 0.256. The minimum atomic E-state index is -0.763. The van der Waals surface area contributed by atoms with Crippen LogP contribution in [0.2, 0.25) is 0 Å². The maximum atomic E-state index is 12.5. The lowest BCUT2D eigenvalue weighted by Crippen LogP contribution is -2.55. The Morgan fingerprint density at radius 2 is 1.89 bits per heavy atom. The monoisotopic (exact) mass is 252 g/mol. The SMILES string of the molecule is CC(C1CCCC1)N1CCC(=O)NC(C)(C)C1=O. The van der Waals surface area contributed by atoms with Gasteiger partial charge in [-0.15, -0.1) is 0 Å². The lowest BCUT2D eigenvalue weighted by molar-refractivity contribution is -0.140. The predicted octanol–water partition coefficient (Wildman–Crippen LogP) is 1.69. The van der Waals surface area contributed by atoms with Gasteiger partial charge in [-0.1, -0.05) is 12.8 Å². The van der Waals surface area contributed by atoms with E-state index in [1.807, 2.05) is 4.90 Å². The van der Waals surface area contributed by atoms with Crippen molar-refractivity contribution in [1.82, 2.24) is 10.2 Å². The highest BCUT2D eigenvalue weighted by molar-refractivity contribution is 5.93. The van der Waals surface area contributed by atoms with E-state index in [2.05, 4.69) is 12.2 Å². The first-order valence-corrected chi connectivity index (χ1v) is 7.04. The zero-order valence-corrected chi connectivity index (χ0v) is 11.7. The molecule has 2 aliphatic rings. The molecule has 1 saturated heterocycles. The van der Waals surface area contributed by atoms with Crippen molar-refractivity contribution >= 4 is 11.8 Å².